The van der Waals surface area contributed by atoms with Gasteiger partial charge in [0.15, 0.2) is 0 Å². The van der Waals surface area contributed by atoms with Crippen molar-refractivity contribution in [3.63, 3.8) is 0 Å². The lowest BCUT2D eigenvalue weighted by molar-refractivity contribution is -0.141. The second-order valence-corrected chi connectivity index (χ2v) is 5.25. The SMILES string of the molecule is CC1CC(NC(=O)N2C[C@@H](O)C[C@H]2C(=O)O)CCO1. The molecule has 4 atom stereocenters. The number of carboxylic acids is 1. The molecule has 0 bridgehead atoms. The van der Waals surface area contributed by atoms with Crippen LogP contribution in [0, 0.1) is 0 Å². The van der Waals surface area contributed by atoms with Crippen LogP contribution in [0.4, 0.5) is 4.79 Å². The van der Waals surface area contributed by atoms with Gasteiger partial charge in [-0.3, -0.25) is 0 Å². The van der Waals surface area contributed by atoms with E-state index in [-0.39, 0.29) is 25.1 Å². The van der Waals surface area contributed by atoms with Crippen molar-refractivity contribution < 1.29 is 24.5 Å². The van der Waals surface area contributed by atoms with Crippen LogP contribution in [0.1, 0.15) is 26.2 Å². The Hall–Kier alpha value is -1.34. The number of rotatable bonds is 2. The molecule has 0 spiro atoms. The van der Waals surface area contributed by atoms with Gasteiger partial charge in [0.1, 0.15) is 6.04 Å². The molecule has 2 aliphatic heterocycles. The Morgan fingerprint density at radius 3 is 2.74 bits per heavy atom. The molecule has 0 radical (unpaired) electrons. The first-order valence-corrected chi connectivity index (χ1v) is 6.57. The van der Waals surface area contributed by atoms with Gasteiger partial charge in [0, 0.05) is 25.6 Å². The Labute approximate surface area is 111 Å². The van der Waals surface area contributed by atoms with Gasteiger partial charge in [-0.25, -0.2) is 9.59 Å². The number of aliphatic hydroxyl groups excluding tert-OH is 1. The third-order valence-electron chi connectivity index (χ3n) is 3.64. The van der Waals surface area contributed by atoms with E-state index >= 15 is 0 Å². The highest BCUT2D eigenvalue weighted by atomic mass is 16.5. The first kappa shape index (κ1) is 14.1. The van der Waals surface area contributed by atoms with Crippen molar-refractivity contribution in [3.05, 3.63) is 0 Å². The van der Waals surface area contributed by atoms with Crippen LogP contribution in [0.2, 0.25) is 0 Å². The maximum absolute atomic E-state index is 12.1. The standard InChI is InChI=1S/C12H20N2O5/c1-7-4-8(2-3-19-7)13-12(18)14-6-9(15)5-10(14)11(16)17/h7-10,15H,2-6H2,1H3,(H,13,18)(H,16,17)/t7?,8?,9-,10-/m0/s1. The molecule has 2 rings (SSSR count). The normalized spacial score (nSPS) is 35.2. The number of nitrogens with zero attached hydrogens (tertiary/aromatic N) is 1. The molecule has 2 heterocycles. The van der Waals surface area contributed by atoms with E-state index in [9.17, 15) is 14.7 Å². The Morgan fingerprint density at radius 2 is 2.11 bits per heavy atom. The van der Waals surface area contributed by atoms with E-state index < -0.39 is 24.1 Å². The summed E-state index contributed by atoms with van der Waals surface area (Å²) in [5.74, 6) is -1.08. The van der Waals surface area contributed by atoms with Crippen LogP contribution >= 0.6 is 0 Å². The number of hydrogen-bond acceptors (Lipinski definition) is 4. The predicted molar refractivity (Wildman–Crippen MR) is 65.7 cm³/mol. The van der Waals surface area contributed by atoms with E-state index in [1.807, 2.05) is 6.92 Å². The minimum Gasteiger partial charge on any atom is -0.480 e. The van der Waals surface area contributed by atoms with Crippen LogP contribution in [0.15, 0.2) is 0 Å². The van der Waals surface area contributed by atoms with Crippen molar-refractivity contribution in [1.82, 2.24) is 10.2 Å². The molecular formula is C12H20N2O5. The quantitative estimate of drug-likeness (QED) is 0.645. The van der Waals surface area contributed by atoms with Crippen molar-refractivity contribution in [2.75, 3.05) is 13.2 Å². The van der Waals surface area contributed by atoms with Gasteiger partial charge in [-0.15, -0.1) is 0 Å². The van der Waals surface area contributed by atoms with Gasteiger partial charge < -0.3 is 25.2 Å². The Morgan fingerprint density at radius 1 is 1.37 bits per heavy atom. The van der Waals surface area contributed by atoms with Gasteiger partial charge in [0.2, 0.25) is 0 Å². The maximum atomic E-state index is 12.1. The van der Waals surface area contributed by atoms with Gasteiger partial charge >= 0.3 is 12.0 Å². The summed E-state index contributed by atoms with van der Waals surface area (Å²) in [6, 6.07) is -1.35. The van der Waals surface area contributed by atoms with E-state index in [1.54, 1.807) is 0 Å². The summed E-state index contributed by atoms with van der Waals surface area (Å²) in [5.41, 5.74) is 0. The molecule has 7 nitrogen and oxygen atoms in total. The first-order chi connectivity index (χ1) is 8.97. The van der Waals surface area contributed by atoms with Gasteiger partial charge in [-0.05, 0) is 19.8 Å². The fourth-order valence-electron chi connectivity index (χ4n) is 2.66. The number of amides is 2. The van der Waals surface area contributed by atoms with Crippen LogP contribution in [0.3, 0.4) is 0 Å². The minimum atomic E-state index is -1.08. The van der Waals surface area contributed by atoms with Gasteiger partial charge in [0.25, 0.3) is 0 Å². The molecule has 2 aliphatic rings. The van der Waals surface area contributed by atoms with Crippen LogP contribution in [0.25, 0.3) is 0 Å². The average Bonchev–Trinajstić information content (AvgIpc) is 2.71. The number of aliphatic hydroxyl groups is 1. The maximum Gasteiger partial charge on any atom is 0.326 e. The highest BCUT2D eigenvalue weighted by Crippen LogP contribution is 2.19. The fraction of sp³-hybridized carbons (Fsp3) is 0.833. The summed E-state index contributed by atoms with van der Waals surface area (Å²) in [6.07, 6.45) is 0.871. The molecule has 3 N–H and O–H groups in total. The van der Waals surface area contributed by atoms with Gasteiger partial charge in [0.05, 0.1) is 12.2 Å². The van der Waals surface area contributed by atoms with Crippen LogP contribution < -0.4 is 5.32 Å². The molecule has 0 aromatic carbocycles. The van der Waals surface area contributed by atoms with Crippen LogP contribution in [-0.2, 0) is 9.53 Å². The summed E-state index contributed by atoms with van der Waals surface area (Å²) in [7, 11) is 0. The lowest BCUT2D eigenvalue weighted by Gasteiger charge is -2.30. The van der Waals surface area contributed by atoms with E-state index in [1.165, 1.54) is 4.90 Å². The number of hydrogen-bond donors (Lipinski definition) is 3. The van der Waals surface area contributed by atoms with Crippen molar-refractivity contribution in [3.8, 4) is 0 Å². The summed E-state index contributed by atoms with van der Waals surface area (Å²) >= 11 is 0. The number of aliphatic carboxylic acids is 1. The highest BCUT2D eigenvalue weighted by molar-refractivity contribution is 5.83. The topological polar surface area (TPSA) is 99.1 Å². The predicted octanol–water partition coefficient (Wildman–Crippen LogP) is -0.217. The number of urea groups is 1. The molecule has 0 aromatic heterocycles. The van der Waals surface area contributed by atoms with Crippen molar-refractivity contribution >= 4 is 12.0 Å². The molecule has 108 valence electrons. The zero-order valence-electron chi connectivity index (χ0n) is 10.9. The summed E-state index contributed by atoms with van der Waals surface area (Å²) in [5, 5.41) is 21.4. The third kappa shape index (κ3) is 3.36. The van der Waals surface area contributed by atoms with E-state index in [0.29, 0.717) is 6.61 Å². The number of β-amino-alcohol motifs (C(OH)–C–C–N with tert-alkyl or cyclic N) is 1. The number of carboxylic acid groups (broad SMARTS) is 1. The highest BCUT2D eigenvalue weighted by Gasteiger charge is 2.39. The van der Waals surface area contributed by atoms with Crippen LogP contribution in [0.5, 0.6) is 0 Å². The number of nitrogens with one attached hydrogen (secondary N) is 1. The lowest BCUT2D eigenvalue weighted by Crippen LogP contribution is -2.51. The largest absolute Gasteiger partial charge is 0.480 e. The Kier molecular flexibility index (Phi) is 4.26. The summed E-state index contributed by atoms with van der Waals surface area (Å²) in [4.78, 5) is 24.3. The van der Waals surface area contributed by atoms with Crippen LogP contribution in [-0.4, -0.2) is 64.6 Å². The molecule has 7 heteroatoms. The van der Waals surface area contributed by atoms with Gasteiger partial charge in [-0.1, -0.05) is 0 Å². The summed E-state index contributed by atoms with van der Waals surface area (Å²) < 4.78 is 5.39. The zero-order valence-corrected chi connectivity index (χ0v) is 10.9. The number of likely N-dealkylation sites (tertiary alicyclic amines) is 1. The monoisotopic (exact) mass is 272 g/mol. The molecule has 0 aromatic rings. The van der Waals surface area contributed by atoms with Gasteiger partial charge in [-0.2, -0.15) is 0 Å². The third-order valence-corrected chi connectivity index (χ3v) is 3.64. The molecule has 2 amide bonds. The molecule has 0 saturated carbocycles. The summed E-state index contributed by atoms with van der Waals surface area (Å²) in [6.45, 7) is 2.61. The van der Waals surface area contributed by atoms with Crippen molar-refractivity contribution in [2.24, 2.45) is 0 Å². The molecule has 2 saturated heterocycles. The molecule has 19 heavy (non-hydrogen) atoms. The van der Waals surface area contributed by atoms with E-state index in [2.05, 4.69) is 5.32 Å². The second kappa shape index (κ2) is 5.75. The smallest absolute Gasteiger partial charge is 0.326 e. The Balaban J connectivity index is 1.93. The molecular weight excluding hydrogens is 252 g/mol. The molecule has 0 aliphatic carbocycles. The average molecular weight is 272 g/mol. The fourth-order valence-corrected chi connectivity index (χ4v) is 2.66. The minimum absolute atomic E-state index is 0.00318. The van der Waals surface area contributed by atoms with Crippen molar-refractivity contribution in [2.45, 2.75) is 50.5 Å². The second-order valence-electron chi connectivity index (χ2n) is 5.25. The Bertz CT molecular complexity index is 362. The number of ether oxygens (including phenoxy) is 1. The zero-order chi connectivity index (χ0) is 14.0. The molecule has 2 fully saturated rings. The number of carbonyl (C=O) groups excluding carboxylic acids is 1. The number of carbonyl (C=O) groups is 2. The van der Waals surface area contributed by atoms with Crippen molar-refractivity contribution in [1.29, 1.82) is 0 Å². The van der Waals surface area contributed by atoms with E-state index in [0.717, 1.165) is 12.8 Å². The van der Waals surface area contributed by atoms with E-state index in [4.69, 9.17) is 9.84 Å². The molecule has 2 unspecified atom stereocenters. The first-order valence-electron chi connectivity index (χ1n) is 6.57. The lowest BCUT2D eigenvalue weighted by atomic mass is 10.0.